The molecule has 0 fully saturated rings. The number of carbonyl (C=O) groups is 1. The number of carbonyl (C=O) groups excluding carboxylic acids is 1. The molecular weight excluding hydrogens is 522 g/mol. The molecule has 0 saturated heterocycles. The van der Waals surface area contributed by atoms with Crippen molar-refractivity contribution in [2.24, 2.45) is 0 Å². The number of benzene rings is 2. The van der Waals surface area contributed by atoms with Gasteiger partial charge in [0.05, 0.1) is 11.5 Å². The Morgan fingerprint density at radius 2 is 1.79 bits per heavy atom. The van der Waals surface area contributed by atoms with Gasteiger partial charge in [-0.1, -0.05) is 64.6 Å². The van der Waals surface area contributed by atoms with Crippen molar-refractivity contribution in [1.82, 2.24) is 4.57 Å². The monoisotopic (exact) mass is 539 g/mol. The van der Waals surface area contributed by atoms with Crippen LogP contribution in [0.5, 0.6) is 0 Å². The molecular formula is C24H19Cl4N2O2S+. The number of ether oxygens (including phenoxy) is 1. The van der Waals surface area contributed by atoms with E-state index in [9.17, 15) is 4.79 Å². The standard InChI is InChI=1S/C24H19Cl4N2O2S/c25-17-4-3-16(20(27)10-17)14-32-23(19-6-5-18(26)11-21(19)28)13-30-8-7-29(15-30)12-22(31)24-2-1-9-33-24/h1-11,15,23H,12-14H2/q+1. The molecule has 9 heteroatoms. The fourth-order valence-electron chi connectivity index (χ4n) is 3.35. The molecule has 0 spiro atoms. The quantitative estimate of drug-likeness (QED) is 0.165. The number of halogens is 4. The Balaban J connectivity index is 1.52. The number of rotatable bonds is 9. The predicted octanol–water partition coefficient (Wildman–Crippen LogP) is 7.29. The fraction of sp³-hybridized carbons (Fsp3) is 0.167. The number of hydrogen-bond acceptors (Lipinski definition) is 3. The molecule has 1 unspecified atom stereocenters. The van der Waals surface area contributed by atoms with Gasteiger partial charge in [0.15, 0.2) is 6.54 Å². The third-order valence-corrected chi connectivity index (χ3v) is 7.07. The minimum absolute atomic E-state index is 0.0682. The molecule has 0 saturated carbocycles. The first-order valence-corrected chi connectivity index (χ1v) is 12.4. The van der Waals surface area contributed by atoms with Crippen LogP contribution in [0, 0.1) is 0 Å². The van der Waals surface area contributed by atoms with Crippen LogP contribution in [-0.2, 0) is 24.4 Å². The van der Waals surface area contributed by atoms with Crippen molar-refractivity contribution in [2.75, 3.05) is 0 Å². The van der Waals surface area contributed by atoms with E-state index in [1.807, 2.05) is 57.5 Å². The second kappa shape index (κ2) is 11.0. The van der Waals surface area contributed by atoms with Gasteiger partial charge in [0.1, 0.15) is 25.0 Å². The molecule has 0 amide bonds. The number of hydrogen-bond donors (Lipinski definition) is 0. The van der Waals surface area contributed by atoms with Crippen LogP contribution in [0.2, 0.25) is 20.1 Å². The van der Waals surface area contributed by atoms with Crippen molar-refractivity contribution >= 4 is 63.5 Å². The summed E-state index contributed by atoms with van der Waals surface area (Å²) in [4.78, 5) is 13.2. The highest BCUT2D eigenvalue weighted by Crippen LogP contribution is 2.31. The maximum atomic E-state index is 12.4. The van der Waals surface area contributed by atoms with E-state index in [2.05, 4.69) is 0 Å². The first-order valence-electron chi connectivity index (χ1n) is 10.0. The summed E-state index contributed by atoms with van der Waals surface area (Å²) in [6, 6.07) is 14.3. The molecule has 0 bridgehead atoms. The zero-order valence-corrected chi connectivity index (χ0v) is 21.1. The van der Waals surface area contributed by atoms with E-state index in [-0.39, 0.29) is 25.0 Å². The molecule has 4 rings (SSSR count). The van der Waals surface area contributed by atoms with Gasteiger partial charge >= 0.3 is 0 Å². The van der Waals surface area contributed by atoms with Crippen LogP contribution >= 0.6 is 57.7 Å². The summed E-state index contributed by atoms with van der Waals surface area (Å²) in [5.74, 6) is 0.0682. The molecule has 0 radical (unpaired) electrons. The Labute approximate surface area is 215 Å². The van der Waals surface area contributed by atoms with E-state index >= 15 is 0 Å². The van der Waals surface area contributed by atoms with Gasteiger partial charge in [-0.05, 0) is 41.3 Å². The van der Waals surface area contributed by atoms with Gasteiger partial charge < -0.3 is 4.74 Å². The first kappa shape index (κ1) is 24.3. The Morgan fingerprint density at radius 1 is 1.03 bits per heavy atom. The largest absolute Gasteiger partial charge is 0.365 e. The second-order valence-corrected chi connectivity index (χ2v) is 10.0. The maximum Gasteiger partial charge on any atom is 0.244 e. The highest BCUT2D eigenvalue weighted by molar-refractivity contribution is 7.12. The average Bonchev–Trinajstić information content (AvgIpc) is 3.45. The van der Waals surface area contributed by atoms with Crippen LogP contribution in [0.3, 0.4) is 0 Å². The lowest BCUT2D eigenvalue weighted by Crippen LogP contribution is -2.35. The highest BCUT2D eigenvalue weighted by atomic mass is 35.5. The number of imidazole rings is 1. The molecule has 0 aliphatic heterocycles. The Hall–Kier alpha value is -1.86. The van der Waals surface area contributed by atoms with Crippen molar-refractivity contribution in [2.45, 2.75) is 25.8 Å². The number of nitrogens with zero attached hydrogens (tertiary/aromatic N) is 2. The molecule has 0 N–H and O–H groups in total. The Kier molecular flexibility index (Phi) is 8.12. The molecule has 1 atom stereocenters. The molecule has 4 aromatic rings. The number of Topliss-reactive ketones (excluding diaryl/α,β-unsaturated/α-hetero) is 1. The molecule has 2 aromatic carbocycles. The summed E-state index contributed by atoms with van der Waals surface area (Å²) >= 11 is 26.3. The van der Waals surface area contributed by atoms with E-state index in [4.69, 9.17) is 51.1 Å². The van der Waals surface area contributed by atoms with Crippen molar-refractivity contribution in [3.05, 3.63) is 109 Å². The summed E-state index contributed by atoms with van der Waals surface area (Å²) in [6.45, 7) is 1.02. The third-order valence-electron chi connectivity index (χ3n) is 5.01. The molecule has 2 heterocycles. The van der Waals surface area contributed by atoms with Crippen molar-refractivity contribution < 1.29 is 14.1 Å². The van der Waals surface area contributed by atoms with Gasteiger partial charge in [-0.3, -0.25) is 4.79 Å². The summed E-state index contributed by atoms with van der Waals surface area (Å²) in [6.07, 6.45) is 5.26. The molecule has 2 aromatic heterocycles. The van der Waals surface area contributed by atoms with Gasteiger partial charge in [-0.15, -0.1) is 11.3 Å². The highest BCUT2D eigenvalue weighted by Gasteiger charge is 2.21. The number of ketones is 1. The minimum atomic E-state index is -0.379. The van der Waals surface area contributed by atoms with Crippen molar-refractivity contribution in [3.63, 3.8) is 0 Å². The van der Waals surface area contributed by atoms with E-state index in [1.165, 1.54) is 11.3 Å². The normalized spacial score (nSPS) is 12.1. The van der Waals surface area contributed by atoms with Crippen molar-refractivity contribution in [1.29, 1.82) is 0 Å². The fourth-order valence-corrected chi connectivity index (χ4v) is 5.00. The van der Waals surface area contributed by atoms with E-state index in [0.29, 0.717) is 26.6 Å². The van der Waals surface area contributed by atoms with Gasteiger partial charge in [-0.2, -0.15) is 0 Å². The number of thiophene rings is 1. The van der Waals surface area contributed by atoms with Gasteiger partial charge in [0, 0.05) is 25.7 Å². The Bertz CT molecular complexity index is 1260. The second-order valence-electron chi connectivity index (χ2n) is 7.38. The van der Waals surface area contributed by atoms with E-state index in [1.54, 1.807) is 24.3 Å². The summed E-state index contributed by atoms with van der Waals surface area (Å²) in [7, 11) is 0. The molecule has 170 valence electrons. The third kappa shape index (κ3) is 6.38. The van der Waals surface area contributed by atoms with Crippen LogP contribution in [0.25, 0.3) is 0 Å². The van der Waals surface area contributed by atoms with Gasteiger partial charge in [0.2, 0.25) is 12.1 Å². The van der Waals surface area contributed by atoms with Gasteiger partial charge in [-0.25, -0.2) is 9.13 Å². The topological polar surface area (TPSA) is 35.1 Å². The average molecular weight is 541 g/mol. The van der Waals surface area contributed by atoms with E-state index < -0.39 is 0 Å². The molecule has 4 nitrogen and oxygen atoms in total. The van der Waals surface area contributed by atoms with E-state index in [0.717, 1.165) is 16.0 Å². The lowest BCUT2D eigenvalue weighted by Gasteiger charge is -2.19. The lowest BCUT2D eigenvalue weighted by molar-refractivity contribution is -0.682. The van der Waals surface area contributed by atoms with Gasteiger partial charge in [0.25, 0.3) is 0 Å². The first-order chi connectivity index (χ1) is 15.9. The SMILES string of the molecule is O=C(C[n+]1ccn(CC(OCc2ccc(Cl)cc2Cl)c2ccc(Cl)cc2Cl)c1)c1cccs1. The summed E-state index contributed by atoms with van der Waals surface area (Å²) in [5.41, 5.74) is 1.63. The zero-order valence-electron chi connectivity index (χ0n) is 17.3. The zero-order chi connectivity index (χ0) is 23.4. The van der Waals surface area contributed by atoms with Crippen LogP contribution in [0.4, 0.5) is 0 Å². The molecule has 0 aliphatic carbocycles. The maximum absolute atomic E-state index is 12.4. The minimum Gasteiger partial charge on any atom is -0.365 e. The molecule has 33 heavy (non-hydrogen) atoms. The molecule has 0 aliphatic rings. The Morgan fingerprint density at radius 3 is 2.48 bits per heavy atom. The smallest absolute Gasteiger partial charge is 0.244 e. The van der Waals surface area contributed by atoms with Crippen LogP contribution < -0.4 is 4.57 Å². The van der Waals surface area contributed by atoms with Crippen LogP contribution in [0.1, 0.15) is 26.9 Å². The van der Waals surface area contributed by atoms with Crippen LogP contribution in [0.15, 0.2) is 72.6 Å². The number of aromatic nitrogens is 2. The summed E-state index contributed by atoms with van der Waals surface area (Å²) in [5, 5.41) is 4.06. The van der Waals surface area contributed by atoms with Crippen LogP contribution in [-0.4, -0.2) is 10.4 Å². The summed E-state index contributed by atoms with van der Waals surface area (Å²) < 4.78 is 10.1. The van der Waals surface area contributed by atoms with Crippen molar-refractivity contribution in [3.8, 4) is 0 Å². The lowest BCUT2D eigenvalue weighted by atomic mass is 10.1. The predicted molar refractivity (Wildman–Crippen MR) is 134 cm³/mol.